The van der Waals surface area contributed by atoms with E-state index in [0.29, 0.717) is 32.7 Å². The molecule has 0 aliphatic carbocycles. The molecule has 3 N–H and O–H groups in total. The second kappa shape index (κ2) is 6.01. The highest BCUT2D eigenvalue weighted by Gasteiger charge is 2.18. The Hall–Kier alpha value is -3.49. The minimum absolute atomic E-state index is 0.000808. The van der Waals surface area contributed by atoms with E-state index < -0.39 is 20.4 Å². The number of H-pyrrole nitrogens is 2. The van der Waals surface area contributed by atoms with E-state index in [-0.39, 0.29) is 16.3 Å². The quantitative estimate of drug-likeness (QED) is 0.283. The third-order valence-electron chi connectivity index (χ3n) is 5.43. The van der Waals surface area contributed by atoms with Crippen molar-refractivity contribution in [3.05, 3.63) is 74.0 Å². The molecule has 0 atom stereocenters. The van der Waals surface area contributed by atoms with Gasteiger partial charge >= 0.3 is 0 Å². The number of aromatic nitrogens is 2. The van der Waals surface area contributed by atoms with Crippen molar-refractivity contribution in [1.29, 1.82) is 0 Å². The Kier molecular flexibility index (Phi) is 3.71. The molecule has 0 fully saturated rings. The number of benzene rings is 3. The number of pyridine rings is 2. The Bertz CT molecular complexity index is 1780. The zero-order valence-corrected chi connectivity index (χ0v) is 16.8. The monoisotopic (exact) mass is 420 g/mol. The van der Waals surface area contributed by atoms with Gasteiger partial charge in [-0.2, -0.15) is 8.42 Å². The van der Waals surface area contributed by atoms with Gasteiger partial charge in [0.05, 0.1) is 22.1 Å². The third-order valence-corrected chi connectivity index (χ3v) is 6.33. The highest BCUT2D eigenvalue weighted by atomic mass is 32.2. The molecule has 3 aromatic carbocycles. The first-order chi connectivity index (χ1) is 14.1. The fourth-order valence-corrected chi connectivity index (χ4v) is 4.84. The van der Waals surface area contributed by atoms with Crippen molar-refractivity contribution in [3.8, 4) is 0 Å². The van der Waals surface area contributed by atoms with Gasteiger partial charge in [0.1, 0.15) is 4.90 Å². The minimum atomic E-state index is -4.54. The maximum Gasteiger partial charge on any atom is 0.296 e. The van der Waals surface area contributed by atoms with E-state index in [1.54, 1.807) is 12.1 Å². The predicted octanol–water partition coefficient (Wildman–Crippen LogP) is 3.54. The van der Waals surface area contributed by atoms with Gasteiger partial charge in [-0.05, 0) is 55.3 Å². The van der Waals surface area contributed by atoms with Crippen LogP contribution in [0.1, 0.15) is 11.1 Å². The average molecular weight is 420 g/mol. The average Bonchev–Trinajstić information content (AvgIpc) is 2.66. The highest BCUT2D eigenvalue weighted by molar-refractivity contribution is 7.86. The molecule has 2 aromatic heterocycles. The van der Waals surface area contributed by atoms with Gasteiger partial charge in [-0.25, -0.2) is 0 Å². The summed E-state index contributed by atoms with van der Waals surface area (Å²) in [5, 5.41) is 1.38. The van der Waals surface area contributed by atoms with Gasteiger partial charge < -0.3 is 9.97 Å². The fourth-order valence-electron chi connectivity index (χ4n) is 4.17. The third kappa shape index (κ3) is 2.58. The fraction of sp³-hybridized carbons (Fsp3) is 0.0909. The molecule has 0 radical (unpaired) electrons. The first-order valence-corrected chi connectivity index (χ1v) is 10.6. The summed E-state index contributed by atoms with van der Waals surface area (Å²) in [5.41, 5.74) is 2.79. The van der Waals surface area contributed by atoms with Gasteiger partial charge in [-0.3, -0.25) is 14.1 Å². The van der Waals surface area contributed by atoms with E-state index in [4.69, 9.17) is 0 Å². The molecule has 0 bridgehead atoms. The smallest absolute Gasteiger partial charge is 0.296 e. The summed E-state index contributed by atoms with van der Waals surface area (Å²) >= 11 is 0. The Morgan fingerprint density at radius 2 is 1.47 bits per heavy atom. The van der Waals surface area contributed by atoms with Crippen LogP contribution in [0.15, 0.2) is 56.9 Å². The molecule has 30 heavy (non-hydrogen) atoms. The minimum Gasteiger partial charge on any atom is -0.354 e. The van der Waals surface area contributed by atoms with Crippen LogP contribution in [-0.2, 0) is 10.1 Å². The van der Waals surface area contributed by atoms with Crippen molar-refractivity contribution in [2.45, 2.75) is 18.7 Å². The van der Waals surface area contributed by atoms with Crippen LogP contribution in [0.5, 0.6) is 0 Å². The summed E-state index contributed by atoms with van der Waals surface area (Å²) in [5.74, 6) is 0. The molecule has 5 aromatic rings. The summed E-state index contributed by atoms with van der Waals surface area (Å²) in [6.07, 6.45) is 0. The largest absolute Gasteiger partial charge is 0.354 e. The Morgan fingerprint density at radius 3 is 2.17 bits per heavy atom. The van der Waals surface area contributed by atoms with Crippen LogP contribution in [0.4, 0.5) is 0 Å². The SMILES string of the molecule is Cc1cc(C)c2c(=O)c3cc4[nH]c5c(S(=O)(=O)O)cccc5c(=O)c4cc3[nH]c2c1. The second-order valence-electron chi connectivity index (χ2n) is 7.51. The molecular formula is C22H16N2O5S. The van der Waals surface area contributed by atoms with Gasteiger partial charge in [0.25, 0.3) is 10.1 Å². The van der Waals surface area contributed by atoms with Crippen molar-refractivity contribution < 1.29 is 13.0 Å². The lowest BCUT2D eigenvalue weighted by atomic mass is 10.0. The number of rotatable bonds is 1. The van der Waals surface area contributed by atoms with Crippen molar-refractivity contribution >= 4 is 53.7 Å². The molecule has 8 heteroatoms. The molecule has 0 amide bonds. The molecular weight excluding hydrogens is 404 g/mol. The molecule has 150 valence electrons. The Morgan fingerprint density at radius 1 is 0.800 bits per heavy atom. The van der Waals surface area contributed by atoms with E-state index in [1.807, 2.05) is 26.0 Å². The normalized spacial score (nSPS) is 12.4. The summed E-state index contributed by atoms with van der Waals surface area (Å²) in [4.78, 5) is 32.0. The van der Waals surface area contributed by atoms with Crippen molar-refractivity contribution in [2.24, 2.45) is 0 Å². The lowest BCUT2D eigenvalue weighted by Gasteiger charge is -2.10. The topological polar surface area (TPSA) is 120 Å². The number of fused-ring (bicyclic) bond motifs is 4. The zero-order valence-electron chi connectivity index (χ0n) is 16.0. The lowest BCUT2D eigenvalue weighted by molar-refractivity contribution is 0.484. The number of aromatic amines is 2. The number of hydrogen-bond acceptors (Lipinski definition) is 4. The summed E-state index contributed by atoms with van der Waals surface area (Å²) < 4.78 is 33.0. The van der Waals surface area contributed by atoms with E-state index in [2.05, 4.69) is 9.97 Å². The van der Waals surface area contributed by atoms with Gasteiger partial charge in [0.15, 0.2) is 10.9 Å². The van der Waals surface area contributed by atoms with Crippen molar-refractivity contribution in [1.82, 2.24) is 9.97 Å². The van der Waals surface area contributed by atoms with Gasteiger partial charge in [0.2, 0.25) is 0 Å². The molecule has 0 saturated heterocycles. The number of hydrogen-bond donors (Lipinski definition) is 3. The van der Waals surface area contributed by atoms with Crippen LogP contribution in [0.2, 0.25) is 0 Å². The predicted molar refractivity (Wildman–Crippen MR) is 117 cm³/mol. The Labute approximate surface area is 169 Å². The van der Waals surface area contributed by atoms with Crippen molar-refractivity contribution in [2.75, 3.05) is 0 Å². The maximum atomic E-state index is 13.2. The van der Waals surface area contributed by atoms with Crippen LogP contribution in [0, 0.1) is 13.8 Å². The molecule has 0 unspecified atom stereocenters. The second-order valence-corrected chi connectivity index (χ2v) is 8.90. The molecule has 0 aliphatic heterocycles. The molecule has 0 saturated carbocycles. The van der Waals surface area contributed by atoms with Crippen LogP contribution >= 0.6 is 0 Å². The van der Waals surface area contributed by atoms with Gasteiger partial charge in [-0.1, -0.05) is 12.1 Å². The number of para-hydroxylation sites is 1. The number of aryl methyl sites for hydroxylation is 2. The van der Waals surface area contributed by atoms with E-state index in [0.717, 1.165) is 11.1 Å². The molecule has 0 aliphatic rings. The highest BCUT2D eigenvalue weighted by Crippen LogP contribution is 2.25. The summed E-state index contributed by atoms with van der Waals surface area (Å²) in [6, 6.07) is 11.1. The molecule has 2 heterocycles. The first-order valence-electron chi connectivity index (χ1n) is 9.18. The molecule has 7 nitrogen and oxygen atoms in total. The standard InChI is InChI=1S/C22H16N2O5S/c1-10-6-11(2)19-17(7-10)23-15-8-13-16(9-14(15)22(19)26)24-20-12(21(13)25)4-3-5-18(20)30(27,28)29/h3-9H,1-2H3,(H,23,26)(H,24,25)(H,27,28,29). The van der Waals surface area contributed by atoms with Crippen LogP contribution in [0.25, 0.3) is 43.6 Å². The molecule has 5 rings (SSSR count). The zero-order chi connectivity index (χ0) is 21.4. The van der Waals surface area contributed by atoms with E-state index >= 15 is 0 Å². The van der Waals surface area contributed by atoms with E-state index in [9.17, 15) is 22.6 Å². The van der Waals surface area contributed by atoms with Crippen LogP contribution in [-0.4, -0.2) is 22.9 Å². The van der Waals surface area contributed by atoms with Crippen LogP contribution in [0.3, 0.4) is 0 Å². The lowest BCUT2D eigenvalue weighted by Crippen LogP contribution is -2.10. The summed E-state index contributed by atoms with van der Waals surface area (Å²) in [6.45, 7) is 3.81. The Balaban J connectivity index is 2.01. The van der Waals surface area contributed by atoms with Gasteiger partial charge in [0, 0.05) is 21.5 Å². The first kappa shape index (κ1) is 18.5. The van der Waals surface area contributed by atoms with E-state index in [1.165, 1.54) is 18.2 Å². The number of nitrogens with one attached hydrogen (secondary N) is 2. The maximum absolute atomic E-state index is 13.2. The van der Waals surface area contributed by atoms with Crippen LogP contribution < -0.4 is 10.9 Å². The van der Waals surface area contributed by atoms with Crippen molar-refractivity contribution in [3.63, 3.8) is 0 Å². The summed E-state index contributed by atoms with van der Waals surface area (Å²) in [7, 11) is -4.54. The van der Waals surface area contributed by atoms with Gasteiger partial charge in [-0.15, -0.1) is 0 Å². The molecule has 0 spiro atoms.